The number of nitrogens with zero attached hydrogens (tertiary/aromatic N) is 1. The molecular weight excluding hydrogens is 380 g/mol. The Morgan fingerprint density at radius 2 is 1.80 bits per heavy atom. The molecule has 0 heterocycles. The summed E-state index contributed by atoms with van der Waals surface area (Å²) in [6.45, 7) is 7.86. The minimum atomic E-state index is 0.334. The van der Waals surface area contributed by atoms with Crippen LogP contribution in [-0.4, -0.2) is 31.6 Å². The van der Waals surface area contributed by atoms with Gasteiger partial charge in [-0.2, -0.15) is 0 Å². The van der Waals surface area contributed by atoms with Crippen molar-refractivity contribution >= 4 is 31.9 Å². The zero-order chi connectivity index (χ0) is 15.3. The number of halogens is 2. The SMILES string of the molecule is CC(C)CC(CN(C)C)NC(C)c1ccc(Br)cc1Br. The third kappa shape index (κ3) is 6.25. The summed E-state index contributed by atoms with van der Waals surface area (Å²) in [5.41, 5.74) is 1.31. The van der Waals surface area contributed by atoms with Crippen LogP contribution < -0.4 is 5.32 Å². The lowest BCUT2D eigenvalue weighted by Crippen LogP contribution is -2.40. The molecule has 4 heteroatoms. The number of nitrogens with one attached hydrogen (secondary N) is 1. The Labute approximate surface area is 140 Å². The van der Waals surface area contributed by atoms with Gasteiger partial charge in [-0.15, -0.1) is 0 Å². The molecule has 114 valence electrons. The van der Waals surface area contributed by atoms with Crippen molar-refractivity contribution in [1.82, 2.24) is 10.2 Å². The standard InChI is InChI=1S/C16H26Br2N2/c1-11(2)8-14(10-20(4)5)19-12(3)15-7-6-13(17)9-16(15)18/h6-7,9,11-12,14,19H,8,10H2,1-5H3. The van der Waals surface area contributed by atoms with Gasteiger partial charge in [0.25, 0.3) is 0 Å². The first-order chi connectivity index (χ1) is 9.29. The molecule has 2 atom stereocenters. The fraction of sp³-hybridized carbons (Fsp3) is 0.625. The highest BCUT2D eigenvalue weighted by molar-refractivity contribution is 9.11. The van der Waals surface area contributed by atoms with E-state index in [2.05, 4.69) is 95.1 Å². The lowest BCUT2D eigenvalue weighted by molar-refractivity contribution is 0.290. The highest BCUT2D eigenvalue weighted by Gasteiger charge is 2.17. The van der Waals surface area contributed by atoms with Gasteiger partial charge in [-0.25, -0.2) is 0 Å². The lowest BCUT2D eigenvalue weighted by atomic mass is 10.0. The van der Waals surface area contributed by atoms with Crippen molar-refractivity contribution in [3.8, 4) is 0 Å². The summed E-state index contributed by atoms with van der Waals surface area (Å²) in [6, 6.07) is 7.23. The highest BCUT2D eigenvalue weighted by atomic mass is 79.9. The Balaban J connectivity index is 2.75. The van der Waals surface area contributed by atoms with E-state index in [-0.39, 0.29) is 0 Å². The molecule has 0 amide bonds. The van der Waals surface area contributed by atoms with Gasteiger partial charge in [0.15, 0.2) is 0 Å². The van der Waals surface area contributed by atoms with Crippen molar-refractivity contribution in [2.75, 3.05) is 20.6 Å². The minimum Gasteiger partial charge on any atom is -0.308 e. The Morgan fingerprint density at radius 1 is 1.15 bits per heavy atom. The van der Waals surface area contributed by atoms with E-state index in [0.717, 1.165) is 15.5 Å². The lowest BCUT2D eigenvalue weighted by Gasteiger charge is -2.28. The molecule has 1 rings (SSSR count). The van der Waals surface area contributed by atoms with Crippen LogP contribution in [-0.2, 0) is 0 Å². The maximum absolute atomic E-state index is 3.77. The molecule has 0 spiro atoms. The van der Waals surface area contributed by atoms with Gasteiger partial charge in [-0.1, -0.05) is 51.8 Å². The second kappa shape index (κ2) is 8.52. The molecule has 0 saturated carbocycles. The average Bonchev–Trinajstić information content (AvgIpc) is 2.26. The zero-order valence-electron chi connectivity index (χ0n) is 13.1. The molecule has 1 N–H and O–H groups in total. The molecule has 0 aliphatic carbocycles. The number of likely N-dealkylation sites (N-methyl/N-ethyl adjacent to an activating group) is 1. The number of hydrogen-bond acceptors (Lipinski definition) is 2. The van der Waals surface area contributed by atoms with Crippen LogP contribution in [0.25, 0.3) is 0 Å². The summed E-state index contributed by atoms with van der Waals surface area (Å²) >= 11 is 7.16. The van der Waals surface area contributed by atoms with Crippen LogP contribution in [0, 0.1) is 5.92 Å². The topological polar surface area (TPSA) is 15.3 Å². The quantitative estimate of drug-likeness (QED) is 0.698. The minimum absolute atomic E-state index is 0.334. The number of rotatable bonds is 7. The van der Waals surface area contributed by atoms with Gasteiger partial charge in [0, 0.05) is 27.6 Å². The summed E-state index contributed by atoms with van der Waals surface area (Å²) in [7, 11) is 4.27. The van der Waals surface area contributed by atoms with E-state index in [1.54, 1.807) is 0 Å². The van der Waals surface area contributed by atoms with E-state index < -0.39 is 0 Å². The number of benzene rings is 1. The van der Waals surface area contributed by atoms with Gasteiger partial charge in [0.05, 0.1) is 0 Å². The molecule has 1 aromatic carbocycles. The molecule has 0 bridgehead atoms. The maximum Gasteiger partial charge on any atom is 0.0306 e. The van der Waals surface area contributed by atoms with E-state index in [1.165, 1.54) is 12.0 Å². The number of hydrogen-bond donors (Lipinski definition) is 1. The van der Waals surface area contributed by atoms with E-state index in [9.17, 15) is 0 Å². The van der Waals surface area contributed by atoms with Crippen LogP contribution in [0.3, 0.4) is 0 Å². The van der Waals surface area contributed by atoms with Crippen LogP contribution in [0.5, 0.6) is 0 Å². The van der Waals surface area contributed by atoms with Gasteiger partial charge in [0.1, 0.15) is 0 Å². The smallest absolute Gasteiger partial charge is 0.0306 e. The summed E-state index contributed by atoms with van der Waals surface area (Å²) in [5, 5.41) is 3.77. The molecule has 0 saturated heterocycles. The summed E-state index contributed by atoms with van der Waals surface area (Å²) in [5.74, 6) is 0.702. The highest BCUT2D eigenvalue weighted by Crippen LogP contribution is 2.27. The zero-order valence-corrected chi connectivity index (χ0v) is 16.3. The van der Waals surface area contributed by atoms with Gasteiger partial charge in [-0.3, -0.25) is 0 Å². The molecule has 0 fully saturated rings. The van der Waals surface area contributed by atoms with Crippen molar-refractivity contribution in [1.29, 1.82) is 0 Å². The van der Waals surface area contributed by atoms with Gasteiger partial charge < -0.3 is 10.2 Å². The van der Waals surface area contributed by atoms with E-state index in [1.807, 2.05) is 0 Å². The predicted octanol–water partition coefficient (Wildman–Crippen LogP) is 4.84. The predicted molar refractivity (Wildman–Crippen MR) is 95.2 cm³/mol. The molecule has 20 heavy (non-hydrogen) atoms. The van der Waals surface area contributed by atoms with Crippen molar-refractivity contribution in [2.24, 2.45) is 5.92 Å². The van der Waals surface area contributed by atoms with Crippen molar-refractivity contribution in [3.63, 3.8) is 0 Å². The Hall–Kier alpha value is 0.1000. The second-order valence-corrected chi connectivity index (χ2v) is 7.91. The second-order valence-electron chi connectivity index (χ2n) is 6.14. The van der Waals surface area contributed by atoms with Crippen molar-refractivity contribution in [2.45, 2.75) is 39.3 Å². The van der Waals surface area contributed by atoms with Crippen LogP contribution in [0.2, 0.25) is 0 Å². The average molecular weight is 406 g/mol. The fourth-order valence-corrected chi connectivity index (χ4v) is 3.89. The van der Waals surface area contributed by atoms with E-state index >= 15 is 0 Å². The summed E-state index contributed by atoms with van der Waals surface area (Å²) < 4.78 is 2.26. The molecular formula is C16H26Br2N2. The van der Waals surface area contributed by atoms with E-state index in [0.29, 0.717) is 18.0 Å². The van der Waals surface area contributed by atoms with Crippen LogP contribution in [0.4, 0.5) is 0 Å². The fourth-order valence-electron chi connectivity index (χ4n) is 2.50. The molecule has 1 aromatic rings. The Morgan fingerprint density at radius 3 is 2.30 bits per heavy atom. The van der Waals surface area contributed by atoms with Crippen LogP contribution in [0.1, 0.15) is 38.8 Å². The van der Waals surface area contributed by atoms with Gasteiger partial charge in [0.2, 0.25) is 0 Å². The first-order valence-corrected chi connectivity index (χ1v) is 8.74. The van der Waals surface area contributed by atoms with Gasteiger partial charge in [-0.05, 0) is 51.1 Å². The molecule has 0 aromatic heterocycles. The largest absolute Gasteiger partial charge is 0.308 e. The third-order valence-electron chi connectivity index (χ3n) is 3.26. The maximum atomic E-state index is 3.77. The molecule has 2 nitrogen and oxygen atoms in total. The molecule has 2 unspecified atom stereocenters. The third-order valence-corrected chi connectivity index (χ3v) is 4.44. The first kappa shape index (κ1) is 18.1. The van der Waals surface area contributed by atoms with E-state index in [4.69, 9.17) is 0 Å². The normalized spacial score (nSPS) is 14.8. The Bertz CT molecular complexity index is 409. The van der Waals surface area contributed by atoms with Gasteiger partial charge >= 0.3 is 0 Å². The van der Waals surface area contributed by atoms with Crippen LogP contribution >= 0.6 is 31.9 Å². The monoisotopic (exact) mass is 404 g/mol. The first-order valence-electron chi connectivity index (χ1n) is 7.15. The van der Waals surface area contributed by atoms with Crippen molar-refractivity contribution < 1.29 is 0 Å². The van der Waals surface area contributed by atoms with Crippen molar-refractivity contribution in [3.05, 3.63) is 32.7 Å². The molecule has 0 aliphatic heterocycles. The van der Waals surface area contributed by atoms with Crippen LogP contribution in [0.15, 0.2) is 27.1 Å². The molecule has 0 aliphatic rings. The molecule has 0 radical (unpaired) electrons. The summed E-state index contributed by atoms with van der Waals surface area (Å²) in [4.78, 5) is 2.25. The Kier molecular flexibility index (Phi) is 7.73. The summed E-state index contributed by atoms with van der Waals surface area (Å²) in [6.07, 6.45) is 1.19.